The molecule has 0 amide bonds. The van der Waals surface area contributed by atoms with Gasteiger partial charge in [0.25, 0.3) is 0 Å². The summed E-state index contributed by atoms with van der Waals surface area (Å²) in [6.07, 6.45) is 0.597. The quantitative estimate of drug-likeness (QED) is 0.712. The van der Waals surface area contributed by atoms with Crippen molar-refractivity contribution in [3.8, 4) is 0 Å². The van der Waals surface area contributed by atoms with Crippen LogP contribution in [0, 0.1) is 6.92 Å². The van der Waals surface area contributed by atoms with Crippen molar-refractivity contribution >= 4 is 16.0 Å². The number of sulfonamides is 1. The first-order valence-electron chi connectivity index (χ1n) is 8.33. The monoisotopic (exact) mass is 376 g/mol. The molecule has 2 rings (SSSR count). The molecule has 0 heterocycles. The summed E-state index contributed by atoms with van der Waals surface area (Å²) in [5.41, 5.74) is 7.50. The second kappa shape index (κ2) is 8.93. The Labute approximate surface area is 154 Å². The van der Waals surface area contributed by atoms with Gasteiger partial charge in [-0.1, -0.05) is 30.3 Å². The maximum atomic E-state index is 13.1. The number of ether oxygens (including phenoxy) is 1. The Kier molecular flexibility index (Phi) is 6.90. The number of nitrogens with zero attached hydrogens (tertiary/aromatic N) is 1. The number of nitrogens with two attached hydrogens (primary N) is 1. The minimum Gasteiger partial charge on any atom is -0.465 e. The van der Waals surface area contributed by atoms with Gasteiger partial charge in [0.2, 0.25) is 10.0 Å². The predicted octanol–water partition coefficient (Wildman–Crippen LogP) is 1.97. The Morgan fingerprint density at radius 1 is 1.12 bits per heavy atom. The van der Waals surface area contributed by atoms with Crippen molar-refractivity contribution in [2.45, 2.75) is 18.2 Å². The number of carbonyl (C=O) groups is 1. The molecule has 0 saturated carbocycles. The maximum Gasteiger partial charge on any atom is 0.337 e. The SMILES string of the molecule is COC(=O)c1ccc(S(=O)(=O)N(CCN)CCc2ccccc2)c(C)c1. The van der Waals surface area contributed by atoms with Crippen molar-refractivity contribution in [1.82, 2.24) is 4.31 Å². The molecule has 6 nitrogen and oxygen atoms in total. The highest BCUT2D eigenvalue weighted by molar-refractivity contribution is 7.89. The Balaban J connectivity index is 2.27. The van der Waals surface area contributed by atoms with E-state index in [4.69, 9.17) is 5.73 Å². The molecule has 7 heteroatoms. The van der Waals surface area contributed by atoms with Crippen molar-refractivity contribution in [1.29, 1.82) is 0 Å². The summed E-state index contributed by atoms with van der Waals surface area (Å²) >= 11 is 0. The molecule has 0 aromatic heterocycles. The number of esters is 1. The molecule has 0 aliphatic heterocycles. The van der Waals surface area contributed by atoms with E-state index in [1.807, 2.05) is 30.3 Å². The molecular formula is C19H24N2O4S. The molecule has 0 bridgehead atoms. The van der Waals surface area contributed by atoms with Crippen LogP contribution >= 0.6 is 0 Å². The van der Waals surface area contributed by atoms with E-state index in [1.165, 1.54) is 29.6 Å². The topological polar surface area (TPSA) is 89.7 Å². The van der Waals surface area contributed by atoms with Crippen molar-refractivity contribution < 1.29 is 17.9 Å². The smallest absolute Gasteiger partial charge is 0.337 e. The summed E-state index contributed by atoms with van der Waals surface area (Å²) in [6.45, 7) is 2.46. The molecular weight excluding hydrogens is 352 g/mol. The molecule has 2 aromatic rings. The lowest BCUT2D eigenvalue weighted by atomic mass is 10.1. The highest BCUT2D eigenvalue weighted by Crippen LogP contribution is 2.22. The standard InChI is InChI=1S/C19H24N2O4S/c1-15-14-17(19(22)25-2)8-9-18(15)26(23,24)21(13-11-20)12-10-16-6-4-3-5-7-16/h3-9,14H,10-13,20H2,1-2H3. The zero-order valence-electron chi connectivity index (χ0n) is 15.0. The van der Waals surface area contributed by atoms with Gasteiger partial charge in [-0.15, -0.1) is 0 Å². The molecule has 140 valence electrons. The van der Waals surface area contributed by atoms with Crippen LogP contribution in [-0.4, -0.2) is 45.4 Å². The minimum atomic E-state index is -3.71. The number of hydrogen-bond donors (Lipinski definition) is 1. The molecule has 0 saturated heterocycles. The minimum absolute atomic E-state index is 0.173. The van der Waals surface area contributed by atoms with Crippen molar-refractivity contribution in [2.75, 3.05) is 26.7 Å². The molecule has 0 unspecified atom stereocenters. The van der Waals surface area contributed by atoms with E-state index < -0.39 is 16.0 Å². The van der Waals surface area contributed by atoms with E-state index >= 15 is 0 Å². The normalized spacial score (nSPS) is 11.5. The number of methoxy groups -OCH3 is 1. The van der Waals surface area contributed by atoms with Crippen LogP contribution in [0.4, 0.5) is 0 Å². The lowest BCUT2D eigenvalue weighted by Gasteiger charge is -2.23. The highest BCUT2D eigenvalue weighted by Gasteiger charge is 2.26. The third-order valence-electron chi connectivity index (χ3n) is 4.09. The Bertz CT molecular complexity index is 851. The average molecular weight is 376 g/mol. The van der Waals surface area contributed by atoms with Crippen LogP contribution in [0.15, 0.2) is 53.4 Å². The predicted molar refractivity (Wildman–Crippen MR) is 100 cm³/mol. The first kappa shape index (κ1) is 20.1. The van der Waals surface area contributed by atoms with E-state index in [9.17, 15) is 13.2 Å². The second-order valence-corrected chi connectivity index (χ2v) is 7.81. The molecule has 0 aliphatic carbocycles. The maximum absolute atomic E-state index is 13.1. The lowest BCUT2D eigenvalue weighted by Crippen LogP contribution is -2.37. The summed E-state index contributed by atoms with van der Waals surface area (Å²) in [4.78, 5) is 11.8. The fourth-order valence-electron chi connectivity index (χ4n) is 2.72. The van der Waals surface area contributed by atoms with Gasteiger partial charge in [-0.25, -0.2) is 13.2 Å². The third-order valence-corrected chi connectivity index (χ3v) is 6.14. The van der Waals surface area contributed by atoms with Gasteiger partial charge in [0.1, 0.15) is 0 Å². The van der Waals surface area contributed by atoms with Crippen LogP contribution in [0.5, 0.6) is 0 Å². The summed E-state index contributed by atoms with van der Waals surface area (Å²) < 4.78 is 32.2. The first-order chi connectivity index (χ1) is 12.4. The van der Waals surface area contributed by atoms with E-state index in [0.717, 1.165) is 5.56 Å². The molecule has 0 aliphatic rings. The average Bonchev–Trinajstić information content (AvgIpc) is 2.64. The van der Waals surface area contributed by atoms with E-state index in [2.05, 4.69) is 4.74 Å². The van der Waals surface area contributed by atoms with Crippen LogP contribution in [-0.2, 0) is 21.2 Å². The molecule has 0 radical (unpaired) electrons. The van der Waals surface area contributed by atoms with Crippen molar-refractivity contribution in [3.05, 3.63) is 65.2 Å². The van der Waals surface area contributed by atoms with Crippen molar-refractivity contribution in [3.63, 3.8) is 0 Å². The van der Waals surface area contributed by atoms with Crippen LogP contribution in [0.3, 0.4) is 0 Å². The zero-order chi connectivity index (χ0) is 19.2. The molecule has 0 spiro atoms. The van der Waals surface area contributed by atoms with Gasteiger partial charge in [-0.2, -0.15) is 4.31 Å². The highest BCUT2D eigenvalue weighted by atomic mass is 32.2. The summed E-state index contributed by atoms with van der Waals surface area (Å²) in [5, 5.41) is 0. The summed E-state index contributed by atoms with van der Waals surface area (Å²) in [6, 6.07) is 14.1. The van der Waals surface area contributed by atoms with Gasteiger partial charge in [-0.3, -0.25) is 0 Å². The third kappa shape index (κ3) is 4.69. The Morgan fingerprint density at radius 3 is 2.38 bits per heavy atom. The molecule has 2 aromatic carbocycles. The van der Waals surface area contributed by atoms with E-state index in [0.29, 0.717) is 24.1 Å². The van der Waals surface area contributed by atoms with Crippen molar-refractivity contribution in [2.24, 2.45) is 5.73 Å². The van der Waals surface area contributed by atoms with Gasteiger partial charge < -0.3 is 10.5 Å². The number of benzene rings is 2. The van der Waals surface area contributed by atoms with Gasteiger partial charge in [-0.05, 0) is 42.7 Å². The largest absolute Gasteiger partial charge is 0.465 e. The molecule has 0 fully saturated rings. The summed E-state index contributed by atoms with van der Waals surface area (Å²) in [5.74, 6) is -0.500. The van der Waals surface area contributed by atoms with E-state index in [-0.39, 0.29) is 18.0 Å². The Hall–Kier alpha value is -2.22. The van der Waals surface area contributed by atoms with Gasteiger partial charge >= 0.3 is 5.97 Å². The first-order valence-corrected chi connectivity index (χ1v) is 9.77. The van der Waals surface area contributed by atoms with E-state index in [1.54, 1.807) is 6.92 Å². The number of carbonyl (C=O) groups excluding carboxylic acids is 1. The fourth-order valence-corrected chi connectivity index (χ4v) is 4.38. The second-order valence-electron chi connectivity index (χ2n) is 5.90. The lowest BCUT2D eigenvalue weighted by molar-refractivity contribution is 0.0600. The number of aryl methyl sites for hydroxylation is 1. The van der Waals surface area contributed by atoms with Crippen LogP contribution in [0.2, 0.25) is 0 Å². The molecule has 26 heavy (non-hydrogen) atoms. The number of rotatable bonds is 8. The molecule has 0 atom stereocenters. The summed E-state index contributed by atoms with van der Waals surface area (Å²) in [7, 11) is -2.43. The number of hydrogen-bond acceptors (Lipinski definition) is 5. The fraction of sp³-hybridized carbons (Fsp3) is 0.316. The molecule has 2 N–H and O–H groups in total. The van der Waals surface area contributed by atoms with Gasteiger partial charge in [0.05, 0.1) is 17.6 Å². The van der Waals surface area contributed by atoms with Gasteiger partial charge in [0.15, 0.2) is 0 Å². The van der Waals surface area contributed by atoms with Crippen LogP contribution in [0.25, 0.3) is 0 Å². The van der Waals surface area contributed by atoms with Crippen LogP contribution < -0.4 is 5.73 Å². The Morgan fingerprint density at radius 2 is 1.81 bits per heavy atom. The zero-order valence-corrected chi connectivity index (χ0v) is 15.8. The van der Waals surface area contributed by atoms with Crippen LogP contribution in [0.1, 0.15) is 21.5 Å². The van der Waals surface area contributed by atoms with Gasteiger partial charge in [0, 0.05) is 19.6 Å².